The molecule has 1 fully saturated rings. The Hall–Kier alpha value is -1.29. The minimum atomic E-state index is 0.667. The predicted octanol–water partition coefficient (Wildman–Crippen LogP) is 2.29. The lowest BCUT2D eigenvalue weighted by atomic mass is 10.2. The molecule has 2 rings (SSSR count). The van der Waals surface area contributed by atoms with E-state index in [1.807, 2.05) is 19.1 Å². The fraction of sp³-hybridized carbons (Fsp3) is 0.583. The molecule has 0 aliphatic carbocycles. The van der Waals surface area contributed by atoms with Gasteiger partial charge >= 0.3 is 0 Å². The Kier molecular flexibility index (Phi) is 3.99. The van der Waals surface area contributed by atoms with Crippen LogP contribution in [0.25, 0.3) is 0 Å². The summed E-state index contributed by atoms with van der Waals surface area (Å²) in [5.74, 6) is 1.65. The van der Waals surface area contributed by atoms with Crippen LogP contribution in [0.4, 0.5) is 5.82 Å². The van der Waals surface area contributed by atoms with Crippen molar-refractivity contribution in [2.45, 2.75) is 26.2 Å². The number of rotatable bonds is 4. The van der Waals surface area contributed by atoms with E-state index in [9.17, 15) is 0 Å². The highest BCUT2D eigenvalue weighted by Gasteiger charge is 2.12. The molecule has 1 saturated heterocycles. The molecule has 1 aromatic heterocycles. The van der Waals surface area contributed by atoms with Crippen LogP contribution in [0.2, 0.25) is 0 Å². The highest BCUT2D eigenvalue weighted by atomic mass is 16.5. The van der Waals surface area contributed by atoms with Crippen molar-refractivity contribution in [1.82, 2.24) is 9.99 Å². The highest BCUT2D eigenvalue weighted by molar-refractivity contribution is 5.48. The molecule has 16 heavy (non-hydrogen) atoms. The van der Waals surface area contributed by atoms with Gasteiger partial charge in [-0.1, -0.05) is 6.42 Å². The fourth-order valence-corrected chi connectivity index (χ4v) is 1.90. The zero-order chi connectivity index (χ0) is 11.2. The first-order valence-electron chi connectivity index (χ1n) is 5.99. The first kappa shape index (κ1) is 11.2. The summed E-state index contributed by atoms with van der Waals surface area (Å²) in [6.45, 7) is 4.82. The van der Waals surface area contributed by atoms with Gasteiger partial charge in [0.15, 0.2) is 11.6 Å². The van der Waals surface area contributed by atoms with Crippen molar-refractivity contribution in [3.8, 4) is 5.75 Å². The van der Waals surface area contributed by atoms with Gasteiger partial charge in [-0.05, 0) is 31.9 Å². The minimum absolute atomic E-state index is 0.667. The summed E-state index contributed by atoms with van der Waals surface area (Å²) >= 11 is 0. The van der Waals surface area contributed by atoms with Crippen LogP contribution < -0.4 is 10.2 Å². The number of piperidine rings is 1. The molecule has 4 nitrogen and oxygen atoms in total. The third-order valence-corrected chi connectivity index (χ3v) is 2.69. The third kappa shape index (κ3) is 2.85. The van der Waals surface area contributed by atoms with Gasteiger partial charge in [-0.3, -0.25) is 5.43 Å². The molecule has 88 valence electrons. The van der Waals surface area contributed by atoms with Crippen LogP contribution in [-0.4, -0.2) is 29.7 Å². The Bertz CT molecular complexity index is 324. The van der Waals surface area contributed by atoms with E-state index in [1.54, 1.807) is 6.20 Å². The average Bonchev–Trinajstić information content (AvgIpc) is 2.33. The van der Waals surface area contributed by atoms with Gasteiger partial charge in [0.2, 0.25) is 0 Å². The standard InChI is InChI=1S/C12H19N3O/c1-2-16-11-7-6-8-13-12(11)14-15-9-4-3-5-10-15/h6-8H,2-5,9-10H2,1H3,(H,13,14). The molecule has 0 saturated carbocycles. The van der Waals surface area contributed by atoms with E-state index in [0.29, 0.717) is 6.61 Å². The van der Waals surface area contributed by atoms with Crippen LogP contribution >= 0.6 is 0 Å². The van der Waals surface area contributed by atoms with Crippen LogP contribution in [0.1, 0.15) is 26.2 Å². The number of aromatic nitrogens is 1. The first-order chi connectivity index (χ1) is 7.90. The maximum absolute atomic E-state index is 5.53. The Morgan fingerprint density at radius 1 is 1.38 bits per heavy atom. The lowest BCUT2D eigenvalue weighted by Gasteiger charge is -2.27. The summed E-state index contributed by atoms with van der Waals surface area (Å²) in [6, 6.07) is 3.84. The van der Waals surface area contributed by atoms with Crippen LogP contribution in [0.15, 0.2) is 18.3 Å². The zero-order valence-corrected chi connectivity index (χ0v) is 9.78. The normalized spacial score (nSPS) is 17.1. The second-order valence-corrected chi connectivity index (χ2v) is 3.94. The second kappa shape index (κ2) is 5.70. The topological polar surface area (TPSA) is 37.4 Å². The number of nitrogens with zero attached hydrogens (tertiary/aromatic N) is 2. The molecule has 0 bridgehead atoms. The van der Waals surface area contributed by atoms with Crippen LogP contribution in [-0.2, 0) is 0 Å². The van der Waals surface area contributed by atoms with Gasteiger partial charge in [0.05, 0.1) is 6.61 Å². The van der Waals surface area contributed by atoms with E-state index in [4.69, 9.17) is 4.74 Å². The van der Waals surface area contributed by atoms with Crippen LogP contribution in [0.5, 0.6) is 5.75 Å². The van der Waals surface area contributed by atoms with Crippen LogP contribution in [0, 0.1) is 0 Å². The van der Waals surface area contributed by atoms with Gasteiger partial charge in [-0.25, -0.2) is 9.99 Å². The molecule has 0 aromatic carbocycles. The van der Waals surface area contributed by atoms with Crippen molar-refractivity contribution in [3.05, 3.63) is 18.3 Å². The average molecular weight is 221 g/mol. The number of hydrogen-bond acceptors (Lipinski definition) is 4. The van der Waals surface area contributed by atoms with Gasteiger partial charge in [0.1, 0.15) is 0 Å². The third-order valence-electron chi connectivity index (χ3n) is 2.69. The Labute approximate surface area is 96.6 Å². The summed E-state index contributed by atoms with van der Waals surface area (Å²) < 4.78 is 5.53. The lowest BCUT2D eigenvalue weighted by molar-refractivity contribution is 0.268. The van der Waals surface area contributed by atoms with Gasteiger partial charge in [0.25, 0.3) is 0 Å². The number of hydrazine groups is 1. The van der Waals surface area contributed by atoms with E-state index in [1.165, 1.54) is 19.3 Å². The van der Waals surface area contributed by atoms with Crippen molar-refractivity contribution in [2.75, 3.05) is 25.1 Å². The van der Waals surface area contributed by atoms with E-state index in [2.05, 4.69) is 15.4 Å². The smallest absolute Gasteiger partial charge is 0.183 e. The number of nitrogens with one attached hydrogen (secondary N) is 1. The van der Waals surface area contributed by atoms with Crippen molar-refractivity contribution >= 4 is 5.82 Å². The number of anilines is 1. The second-order valence-electron chi connectivity index (χ2n) is 3.94. The molecular weight excluding hydrogens is 202 g/mol. The molecule has 1 aromatic rings. The lowest BCUT2D eigenvalue weighted by Crippen LogP contribution is -2.35. The van der Waals surface area contributed by atoms with Gasteiger partial charge in [0, 0.05) is 19.3 Å². The van der Waals surface area contributed by atoms with Gasteiger partial charge in [-0.15, -0.1) is 0 Å². The summed E-state index contributed by atoms with van der Waals surface area (Å²) in [4.78, 5) is 4.31. The summed E-state index contributed by atoms with van der Waals surface area (Å²) in [5.41, 5.74) is 3.33. The van der Waals surface area contributed by atoms with Crippen LogP contribution in [0.3, 0.4) is 0 Å². The van der Waals surface area contributed by atoms with E-state index in [-0.39, 0.29) is 0 Å². The molecule has 0 unspecified atom stereocenters. The molecule has 0 radical (unpaired) electrons. The quantitative estimate of drug-likeness (QED) is 0.846. The molecule has 4 heteroatoms. The fourth-order valence-electron chi connectivity index (χ4n) is 1.90. The molecular formula is C12H19N3O. The molecule has 0 atom stereocenters. The first-order valence-corrected chi connectivity index (χ1v) is 5.99. The molecule has 1 aliphatic heterocycles. The number of ether oxygens (including phenoxy) is 1. The predicted molar refractivity (Wildman–Crippen MR) is 64.5 cm³/mol. The molecule has 0 spiro atoms. The monoisotopic (exact) mass is 221 g/mol. The largest absolute Gasteiger partial charge is 0.490 e. The number of hydrogen-bond donors (Lipinski definition) is 1. The summed E-state index contributed by atoms with van der Waals surface area (Å²) in [5, 5.41) is 2.22. The highest BCUT2D eigenvalue weighted by Crippen LogP contribution is 2.22. The maximum Gasteiger partial charge on any atom is 0.183 e. The van der Waals surface area contributed by atoms with Crippen molar-refractivity contribution < 1.29 is 4.74 Å². The van der Waals surface area contributed by atoms with E-state index in [0.717, 1.165) is 24.7 Å². The molecule has 2 heterocycles. The zero-order valence-electron chi connectivity index (χ0n) is 9.78. The molecule has 1 aliphatic rings. The molecule has 0 amide bonds. The minimum Gasteiger partial charge on any atom is -0.490 e. The van der Waals surface area contributed by atoms with E-state index >= 15 is 0 Å². The van der Waals surface area contributed by atoms with E-state index < -0.39 is 0 Å². The van der Waals surface area contributed by atoms with Gasteiger partial charge < -0.3 is 4.74 Å². The SMILES string of the molecule is CCOc1cccnc1NN1CCCCC1. The van der Waals surface area contributed by atoms with Gasteiger partial charge in [-0.2, -0.15) is 0 Å². The summed E-state index contributed by atoms with van der Waals surface area (Å²) in [7, 11) is 0. The van der Waals surface area contributed by atoms with Crippen molar-refractivity contribution in [1.29, 1.82) is 0 Å². The van der Waals surface area contributed by atoms with Crippen molar-refractivity contribution in [3.63, 3.8) is 0 Å². The molecule has 1 N–H and O–H groups in total. The summed E-state index contributed by atoms with van der Waals surface area (Å²) in [6.07, 6.45) is 5.63. The Balaban J connectivity index is 2.01. The maximum atomic E-state index is 5.53. The van der Waals surface area contributed by atoms with Crippen molar-refractivity contribution in [2.24, 2.45) is 0 Å². The Morgan fingerprint density at radius 3 is 2.94 bits per heavy atom. The number of pyridine rings is 1. The Morgan fingerprint density at radius 2 is 2.19 bits per heavy atom.